The van der Waals surface area contributed by atoms with Crippen molar-refractivity contribution in [3.05, 3.63) is 15.9 Å². The van der Waals surface area contributed by atoms with Crippen LogP contribution in [0.25, 0.3) is 0 Å². The number of nitrogens with zero attached hydrogens (tertiary/aromatic N) is 2. The van der Waals surface area contributed by atoms with E-state index in [1.54, 1.807) is 0 Å². The molecule has 0 aromatic carbocycles. The fourth-order valence-corrected chi connectivity index (χ4v) is 1.72. The van der Waals surface area contributed by atoms with Crippen molar-refractivity contribution in [2.24, 2.45) is 7.05 Å². The zero-order chi connectivity index (χ0) is 7.14. The Labute approximate surface area is 67.1 Å². The van der Waals surface area contributed by atoms with Crippen molar-refractivity contribution in [3.8, 4) is 0 Å². The molecule has 1 aliphatic rings. The topological polar surface area (TPSA) is 27.1 Å². The van der Waals surface area contributed by atoms with Crippen LogP contribution in [0.2, 0.25) is 0 Å². The van der Waals surface area contributed by atoms with Crippen LogP contribution in [0.4, 0.5) is 0 Å². The molecule has 0 spiro atoms. The van der Waals surface area contributed by atoms with Crippen LogP contribution >= 0.6 is 15.9 Å². The molecule has 54 valence electrons. The first-order valence-corrected chi connectivity index (χ1v) is 3.86. The second-order valence-electron chi connectivity index (χ2n) is 2.33. The van der Waals surface area contributed by atoms with Crippen molar-refractivity contribution < 1.29 is 4.74 Å². The molecule has 0 radical (unpaired) electrons. The third-order valence-corrected chi connectivity index (χ3v) is 2.35. The highest BCUT2D eigenvalue weighted by atomic mass is 79.9. The highest BCUT2D eigenvalue weighted by molar-refractivity contribution is 9.10. The Balaban J connectivity index is 2.61. The third kappa shape index (κ3) is 0.722. The minimum Gasteiger partial charge on any atom is -0.370 e. The Morgan fingerprint density at radius 3 is 3.10 bits per heavy atom. The molecule has 0 saturated heterocycles. The van der Waals surface area contributed by atoms with Crippen molar-refractivity contribution in [2.45, 2.75) is 13.2 Å². The van der Waals surface area contributed by atoms with Gasteiger partial charge in [0.05, 0.1) is 18.9 Å². The molecule has 0 amide bonds. The maximum atomic E-state index is 5.23. The fourth-order valence-electron chi connectivity index (χ4n) is 1.14. The van der Waals surface area contributed by atoms with Crippen LogP contribution in [0.15, 0.2) is 4.60 Å². The van der Waals surface area contributed by atoms with Gasteiger partial charge in [-0.05, 0) is 15.9 Å². The first-order valence-electron chi connectivity index (χ1n) is 3.07. The van der Waals surface area contributed by atoms with Crippen LogP contribution in [-0.4, -0.2) is 9.78 Å². The molecule has 0 atom stereocenters. The summed E-state index contributed by atoms with van der Waals surface area (Å²) in [7, 11) is 1.93. The molecule has 3 nitrogen and oxygen atoms in total. The van der Waals surface area contributed by atoms with Crippen LogP contribution in [0.1, 0.15) is 11.3 Å². The maximum absolute atomic E-state index is 5.23. The maximum Gasteiger partial charge on any atom is 0.134 e. The van der Waals surface area contributed by atoms with Crippen molar-refractivity contribution in [1.82, 2.24) is 9.78 Å². The Morgan fingerprint density at radius 1 is 1.60 bits per heavy atom. The van der Waals surface area contributed by atoms with E-state index in [-0.39, 0.29) is 0 Å². The summed E-state index contributed by atoms with van der Waals surface area (Å²) in [6.45, 7) is 1.40. The summed E-state index contributed by atoms with van der Waals surface area (Å²) >= 11 is 3.36. The molecule has 0 aliphatic carbocycles. The first kappa shape index (κ1) is 6.37. The van der Waals surface area contributed by atoms with E-state index in [9.17, 15) is 0 Å². The molecule has 0 N–H and O–H groups in total. The molecule has 1 aromatic rings. The number of hydrogen-bond acceptors (Lipinski definition) is 2. The summed E-state index contributed by atoms with van der Waals surface area (Å²) in [6.07, 6.45) is 0. The van der Waals surface area contributed by atoms with Crippen LogP contribution in [0, 0.1) is 0 Å². The molecule has 4 heteroatoms. The van der Waals surface area contributed by atoms with Gasteiger partial charge in [0, 0.05) is 12.6 Å². The molecule has 0 fully saturated rings. The minimum atomic E-state index is 0.698. The number of fused-ring (bicyclic) bond motifs is 1. The number of aromatic nitrogens is 2. The van der Waals surface area contributed by atoms with Gasteiger partial charge in [-0.25, -0.2) is 0 Å². The average molecular weight is 203 g/mol. The number of rotatable bonds is 0. The van der Waals surface area contributed by atoms with Crippen LogP contribution in [-0.2, 0) is 25.0 Å². The van der Waals surface area contributed by atoms with Crippen LogP contribution in [0.5, 0.6) is 0 Å². The lowest BCUT2D eigenvalue weighted by atomic mass is 10.3. The normalized spacial score (nSPS) is 15.8. The smallest absolute Gasteiger partial charge is 0.134 e. The predicted octanol–water partition coefficient (Wildman–Crippen LogP) is 1.21. The lowest BCUT2D eigenvalue weighted by molar-refractivity contribution is 0.129. The summed E-state index contributed by atoms with van der Waals surface area (Å²) in [6, 6.07) is 0. The zero-order valence-electron chi connectivity index (χ0n) is 5.59. The minimum absolute atomic E-state index is 0.698. The molecule has 10 heavy (non-hydrogen) atoms. The van der Waals surface area contributed by atoms with E-state index in [1.165, 1.54) is 11.3 Å². The Hall–Kier alpha value is -0.350. The van der Waals surface area contributed by atoms with Crippen molar-refractivity contribution in [1.29, 1.82) is 0 Å². The third-order valence-electron chi connectivity index (χ3n) is 1.71. The Bertz CT molecular complexity index is 244. The molecule has 0 unspecified atom stereocenters. The van der Waals surface area contributed by atoms with Crippen LogP contribution < -0.4 is 0 Å². The van der Waals surface area contributed by atoms with E-state index < -0.39 is 0 Å². The summed E-state index contributed by atoms with van der Waals surface area (Å²) < 4.78 is 8.00. The quantitative estimate of drug-likeness (QED) is 0.633. The largest absolute Gasteiger partial charge is 0.370 e. The molecule has 0 saturated carbocycles. The molecule has 1 aliphatic heterocycles. The summed E-state index contributed by atoms with van der Waals surface area (Å²) in [4.78, 5) is 0. The fraction of sp³-hybridized carbons (Fsp3) is 0.500. The molecule has 2 rings (SSSR count). The van der Waals surface area contributed by atoms with Crippen molar-refractivity contribution in [2.75, 3.05) is 0 Å². The Morgan fingerprint density at radius 2 is 2.40 bits per heavy atom. The number of ether oxygens (including phenoxy) is 1. The number of aryl methyl sites for hydroxylation is 1. The Kier molecular flexibility index (Phi) is 1.32. The van der Waals surface area contributed by atoms with Crippen molar-refractivity contribution in [3.63, 3.8) is 0 Å². The molecule has 2 heterocycles. The lowest BCUT2D eigenvalue weighted by Crippen LogP contribution is -1.95. The van der Waals surface area contributed by atoms with Gasteiger partial charge in [0.1, 0.15) is 4.60 Å². The molecular formula is C6H7BrN2O. The second kappa shape index (κ2) is 2.07. The SMILES string of the molecule is Cn1nc(Br)c2c1COC2. The van der Waals surface area contributed by atoms with E-state index >= 15 is 0 Å². The van der Waals surface area contributed by atoms with Gasteiger partial charge in [-0.2, -0.15) is 5.10 Å². The summed E-state index contributed by atoms with van der Waals surface area (Å²) in [5.41, 5.74) is 2.38. The van der Waals surface area contributed by atoms with Gasteiger partial charge in [-0.1, -0.05) is 0 Å². The molecule has 0 bridgehead atoms. The number of halogens is 1. The highest BCUT2D eigenvalue weighted by Crippen LogP contribution is 2.25. The highest BCUT2D eigenvalue weighted by Gasteiger charge is 2.19. The van der Waals surface area contributed by atoms with E-state index in [0.29, 0.717) is 13.2 Å². The summed E-state index contributed by atoms with van der Waals surface area (Å²) in [5.74, 6) is 0. The standard InChI is InChI=1S/C6H7BrN2O/c1-9-5-3-10-2-4(5)6(7)8-9/h2-3H2,1H3. The second-order valence-corrected chi connectivity index (χ2v) is 3.08. The predicted molar refractivity (Wildman–Crippen MR) is 39.4 cm³/mol. The zero-order valence-corrected chi connectivity index (χ0v) is 7.18. The van der Waals surface area contributed by atoms with Gasteiger partial charge in [0.25, 0.3) is 0 Å². The molecule has 1 aromatic heterocycles. The monoisotopic (exact) mass is 202 g/mol. The van der Waals surface area contributed by atoms with E-state index in [0.717, 1.165) is 4.60 Å². The summed E-state index contributed by atoms with van der Waals surface area (Å²) in [5, 5.41) is 4.19. The van der Waals surface area contributed by atoms with Gasteiger partial charge >= 0.3 is 0 Å². The lowest BCUT2D eigenvalue weighted by Gasteiger charge is -1.92. The van der Waals surface area contributed by atoms with Gasteiger partial charge in [0.15, 0.2) is 0 Å². The van der Waals surface area contributed by atoms with E-state index in [2.05, 4.69) is 21.0 Å². The van der Waals surface area contributed by atoms with E-state index in [1.807, 2.05) is 11.7 Å². The van der Waals surface area contributed by atoms with E-state index in [4.69, 9.17) is 4.74 Å². The first-order chi connectivity index (χ1) is 4.79. The van der Waals surface area contributed by atoms with Crippen molar-refractivity contribution >= 4 is 15.9 Å². The average Bonchev–Trinajstić information content (AvgIpc) is 2.39. The van der Waals surface area contributed by atoms with Gasteiger partial charge < -0.3 is 4.74 Å². The van der Waals surface area contributed by atoms with Gasteiger partial charge in [-0.15, -0.1) is 0 Å². The van der Waals surface area contributed by atoms with Crippen LogP contribution in [0.3, 0.4) is 0 Å². The molecular weight excluding hydrogens is 196 g/mol. The van der Waals surface area contributed by atoms with Gasteiger partial charge in [-0.3, -0.25) is 4.68 Å². The van der Waals surface area contributed by atoms with Gasteiger partial charge in [0.2, 0.25) is 0 Å². The number of hydrogen-bond donors (Lipinski definition) is 0.